The Morgan fingerprint density at radius 2 is 2.25 bits per heavy atom. The van der Waals surface area contributed by atoms with Crippen molar-refractivity contribution < 1.29 is 9.90 Å². The number of aromatic nitrogens is 2. The molecule has 0 aliphatic carbocycles. The number of fused-ring (bicyclic) bond motifs is 1. The molecule has 1 aromatic carbocycles. The lowest BCUT2D eigenvalue weighted by Gasteiger charge is -2.02. The summed E-state index contributed by atoms with van der Waals surface area (Å²) in [5.74, 6) is -0.957. The summed E-state index contributed by atoms with van der Waals surface area (Å²) in [6, 6.07) is 3.18. The number of aryl methyl sites for hydroxylation is 1. The average Bonchev–Trinajstić information content (AvgIpc) is 2.44. The summed E-state index contributed by atoms with van der Waals surface area (Å²) in [7, 11) is 1.61. The topological polar surface area (TPSA) is 75.1 Å². The molecule has 0 amide bonds. The van der Waals surface area contributed by atoms with Crippen LogP contribution >= 0.6 is 11.6 Å². The van der Waals surface area contributed by atoms with Gasteiger partial charge in [0, 0.05) is 12.1 Å². The summed E-state index contributed by atoms with van der Waals surface area (Å²) in [6.45, 7) is 0. The van der Waals surface area contributed by atoms with Crippen LogP contribution in [0.1, 0.15) is 5.56 Å². The van der Waals surface area contributed by atoms with E-state index in [1.807, 2.05) is 0 Å². The van der Waals surface area contributed by atoms with Gasteiger partial charge in [0.2, 0.25) is 0 Å². The van der Waals surface area contributed by atoms with Crippen LogP contribution in [0.15, 0.2) is 16.9 Å². The van der Waals surface area contributed by atoms with Crippen LogP contribution in [-0.2, 0) is 18.3 Å². The lowest BCUT2D eigenvalue weighted by molar-refractivity contribution is -0.136. The van der Waals surface area contributed by atoms with Crippen molar-refractivity contribution in [1.82, 2.24) is 9.55 Å². The van der Waals surface area contributed by atoms with Crippen LogP contribution in [0.25, 0.3) is 11.0 Å². The number of hydrogen-bond acceptors (Lipinski definition) is 2. The van der Waals surface area contributed by atoms with Gasteiger partial charge in [0.15, 0.2) is 0 Å². The number of aromatic amines is 1. The molecular formula is C10H9ClN2O3. The summed E-state index contributed by atoms with van der Waals surface area (Å²) in [6.07, 6.45) is -0.159. The number of halogens is 1. The molecule has 0 bridgehead atoms. The molecule has 0 saturated heterocycles. The average molecular weight is 241 g/mol. The fourth-order valence-electron chi connectivity index (χ4n) is 1.59. The van der Waals surface area contributed by atoms with E-state index in [0.29, 0.717) is 21.6 Å². The maximum Gasteiger partial charge on any atom is 0.326 e. The van der Waals surface area contributed by atoms with Crippen molar-refractivity contribution >= 4 is 28.6 Å². The molecule has 6 heteroatoms. The zero-order valence-electron chi connectivity index (χ0n) is 8.45. The van der Waals surface area contributed by atoms with Crippen molar-refractivity contribution in [1.29, 1.82) is 0 Å². The molecule has 0 fully saturated rings. The third kappa shape index (κ3) is 1.69. The number of carboxylic acid groups (broad SMARTS) is 1. The first-order chi connectivity index (χ1) is 7.49. The van der Waals surface area contributed by atoms with Gasteiger partial charge in [-0.05, 0) is 17.7 Å². The molecule has 16 heavy (non-hydrogen) atoms. The van der Waals surface area contributed by atoms with Crippen molar-refractivity contribution in [2.24, 2.45) is 7.05 Å². The van der Waals surface area contributed by atoms with E-state index in [0.717, 1.165) is 0 Å². The van der Waals surface area contributed by atoms with E-state index < -0.39 is 5.97 Å². The highest BCUT2D eigenvalue weighted by molar-refractivity contribution is 6.32. The molecule has 84 valence electrons. The minimum atomic E-state index is -0.957. The summed E-state index contributed by atoms with van der Waals surface area (Å²) < 4.78 is 1.41. The van der Waals surface area contributed by atoms with Crippen LogP contribution in [0, 0.1) is 0 Å². The Morgan fingerprint density at radius 3 is 2.88 bits per heavy atom. The lowest BCUT2D eigenvalue weighted by atomic mass is 10.1. The normalized spacial score (nSPS) is 10.9. The number of H-pyrrole nitrogens is 1. The van der Waals surface area contributed by atoms with Gasteiger partial charge in [-0.3, -0.25) is 9.36 Å². The molecule has 1 aromatic heterocycles. The Morgan fingerprint density at radius 1 is 1.56 bits per heavy atom. The van der Waals surface area contributed by atoms with Gasteiger partial charge in [0.25, 0.3) is 0 Å². The molecule has 0 atom stereocenters. The van der Waals surface area contributed by atoms with Gasteiger partial charge in [-0.15, -0.1) is 0 Å². The van der Waals surface area contributed by atoms with Gasteiger partial charge >= 0.3 is 11.7 Å². The van der Waals surface area contributed by atoms with Crippen LogP contribution in [0.5, 0.6) is 0 Å². The summed E-state index contributed by atoms with van der Waals surface area (Å²) >= 11 is 5.91. The molecule has 0 aliphatic heterocycles. The molecule has 0 unspecified atom stereocenters. The van der Waals surface area contributed by atoms with Crippen molar-refractivity contribution in [3.8, 4) is 0 Å². The monoisotopic (exact) mass is 240 g/mol. The van der Waals surface area contributed by atoms with E-state index in [-0.39, 0.29) is 12.1 Å². The Bertz CT molecular complexity index is 627. The first-order valence-corrected chi connectivity index (χ1v) is 4.96. The minimum absolute atomic E-state index is 0.159. The number of hydrogen-bond donors (Lipinski definition) is 2. The molecule has 0 spiro atoms. The van der Waals surface area contributed by atoms with Crippen LogP contribution in [0.2, 0.25) is 5.02 Å². The summed E-state index contributed by atoms with van der Waals surface area (Å²) in [4.78, 5) is 24.6. The van der Waals surface area contributed by atoms with E-state index >= 15 is 0 Å². The third-order valence-electron chi connectivity index (χ3n) is 2.41. The second-order valence-corrected chi connectivity index (χ2v) is 3.93. The highest BCUT2D eigenvalue weighted by Gasteiger charge is 2.10. The molecule has 2 N–H and O–H groups in total. The van der Waals surface area contributed by atoms with Gasteiger partial charge in [-0.2, -0.15) is 0 Å². The van der Waals surface area contributed by atoms with E-state index in [2.05, 4.69) is 4.98 Å². The molecule has 0 saturated carbocycles. The largest absolute Gasteiger partial charge is 0.481 e. The SMILES string of the molecule is Cn1c(=O)[nH]c2cc(Cl)c(CC(=O)O)cc21. The highest BCUT2D eigenvalue weighted by atomic mass is 35.5. The van der Waals surface area contributed by atoms with Crippen LogP contribution in [-0.4, -0.2) is 20.6 Å². The second-order valence-electron chi connectivity index (χ2n) is 3.52. The van der Waals surface area contributed by atoms with E-state index in [4.69, 9.17) is 16.7 Å². The first-order valence-electron chi connectivity index (χ1n) is 4.58. The molecular weight excluding hydrogens is 232 g/mol. The Kier molecular flexibility index (Phi) is 2.47. The number of carbonyl (C=O) groups is 1. The van der Waals surface area contributed by atoms with Gasteiger partial charge in [0.05, 0.1) is 17.5 Å². The van der Waals surface area contributed by atoms with Crippen molar-refractivity contribution in [3.05, 3.63) is 33.2 Å². The minimum Gasteiger partial charge on any atom is -0.481 e. The number of aliphatic carboxylic acids is 1. The number of benzene rings is 1. The van der Waals surface area contributed by atoms with Crippen molar-refractivity contribution in [2.45, 2.75) is 6.42 Å². The smallest absolute Gasteiger partial charge is 0.326 e. The van der Waals surface area contributed by atoms with Gasteiger partial charge in [-0.1, -0.05) is 11.6 Å². The van der Waals surface area contributed by atoms with E-state index in [1.54, 1.807) is 19.2 Å². The number of nitrogens with zero attached hydrogens (tertiary/aromatic N) is 1. The maximum absolute atomic E-state index is 11.3. The fourth-order valence-corrected chi connectivity index (χ4v) is 1.82. The summed E-state index contributed by atoms with van der Waals surface area (Å²) in [5, 5.41) is 9.05. The standard InChI is InChI=1S/C10H9ClN2O3/c1-13-8-2-5(3-9(14)15)6(11)4-7(8)12-10(13)16/h2,4H,3H2,1H3,(H,12,16)(H,14,15). The Hall–Kier alpha value is -1.75. The first kappa shape index (κ1) is 10.8. The van der Waals surface area contributed by atoms with Gasteiger partial charge < -0.3 is 10.1 Å². The van der Waals surface area contributed by atoms with E-state index in [9.17, 15) is 9.59 Å². The Balaban J connectivity index is 2.68. The highest BCUT2D eigenvalue weighted by Crippen LogP contribution is 2.22. The molecule has 2 aromatic rings. The fraction of sp³-hybridized carbons (Fsp3) is 0.200. The third-order valence-corrected chi connectivity index (χ3v) is 2.77. The molecule has 0 aliphatic rings. The molecule has 0 radical (unpaired) electrons. The van der Waals surface area contributed by atoms with Crippen molar-refractivity contribution in [3.63, 3.8) is 0 Å². The number of carboxylic acids is 1. The quantitative estimate of drug-likeness (QED) is 0.827. The zero-order chi connectivity index (χ0) is 11.9. The summed E-state index contributed by atoms with van der Waals surface area (Å²) in [5.41, 5.74) is 1.49. The van der Waals surface area contributed by atoms with Gasteiger partial charge in [-0.25, -0.2) is 4.79 Å². The molecule has 2 rings (SSSR count). The molecule has 1 heterocycles. The van der Waals surface area contributed by atoms with Crippen LogP contribution in [0.3, 0.4) is 0 Å². The second kappa shape index (κ2) is 3.68. The maximum atomic E-state index is 11.3. The number of rotatable bonds is 2. The van der Waals surface area contributed by atoms with E-state index in [1.165, 1.54) is 4.57 Å². The van der Waals surface area contributed by atoms with Crippen LogP contribution < -0.4 is 5.69 Å². The Labute approximate surface area is 95.3 Å². The molecule has 5 nitrogen and oxygen atoms in total. The predicted octanol–water partition coefficient (Wildman–Crippen LogP) is 1.15. The predicted molar refractivity (Wildman–Crippen MR) is 59.9 cm³/mol. The number of imidazole rings is 1. The lowest BCUT2D eigenvalue weighted by Crippen LogP contribution is -2.11. The zero-order valence-corrected chi connectivity index (χ0v) is 9.21. The van der Waals surface area contributed by atoms with Crippen molar-refractivity contribution in [2.75, 3.05) is 0 Å². The van der Waals surface area contributed by atoms with Gasteiger partial charge in [0.1, 0.15) is 0 Å². The van der Waals surface area contributed by atoms with Crippen LogP contribution in [0.4, 0.5) is 0 Å². The number of nitrogens with one attached hydrogen (secondary N) is 1.